The molecule has 22 heavy (non-hydrogen) atoms. The van der Waals surface area contributed by atoms with Gasteiger partial charge in [0, 0.05) is 12.8 Å². The van der Waals surface area contributed by atoms with Crippen LogP contribution in [0, 0.1) is 5.41 Å². The van der Waals surface area contributed by atoms with Gasteiger partial charge in [-0.05, 0) is 37.0 Å². The van der Waals surface area contributed by atoms with Gasteiger partial charge in [0.2, 0.25) is 0 Å². The highest BCUT2D eigenvalue weighted by molar-refractivity contribution is 5.84. The lowest BCUT2D eigenvalue weighted by atomic mass is 9.70. The average molecular weight is 304 g/mol. The predicted octanol–water partition coefficient (Wildman–Crippen LogP) is 3.34. The fourth-order valence-corrected chi connectivity index (χ4v) is 2.81. The Labute approximate surface area is 132 Å². The SMILES string of the molecule is C=C.COC(=O)C1(Cc2ccc(OC)cc2)CCC(=O)CC1. The minimum Gasteiger partial charge on any atom is -0.497 e. The quantitative estimate of drug-likeness (QED) is 0.632. The van der Waals surface area contributed by atoms with Gasteiger partial charge in [0.15, 0.2) is 0 Å². The molecular formula is C18H24O4. The summed E-state index contributed by atoms with van der Waals surface area (Å²) in [6, 6.07) is 7.68. The van der Waals surface area contributed by atoms with Gasteiger partial charge in [-0.25, -0.2) is 0 Å². The first-order valence-corrected chi connectivity index (χ1v) is 7.33. The largest absolute Gasteiger partial charge is 0.497 e. The number of Topliss-reactive ketones (excluding diaryl/α,β-unsaturated/α-hetero) is 1. The van der Waals surface area contributed by atoms with Gasteiger partial charge < -0.3 is 9.47 Å². The van der Waals surface area contributed by atoms with Gasteiger partial charge in [0.1, 0.15) is 11.5 Å². The van der Waals surface area contributed by atoms with Gasteiger partial charge >= 0.3 is 5.97 Å². The highest BCUT2D eigenvalue weighted by atomic mass is 16.5. The van der Waals surface area contributed by atoms with Crippen molar-refractivity contribution in [2.24, 2.45) is 5.41 Å². The van der Waals surface area contributed by atoms with Crippen molar-refractivity contribution in [1.29, 1.82) is 0 Å². The number of ketones is 1. The Hall–Kier alpha value is -2.10. The van der Waals surface area contributed by atoms with Crippen molar-refractivity contribution >= 4 is 11.8 Å². The van der Waals surface area contributed by atoms with Crippen LogP contribution in [0.3, 0.4) is 0 Å². The van der Waals surface area contributed by atoms with E-state index in [0.717, 1.165) is 11.3 Å². The van der Waals surface area contributed by atoms with E-state index in [1.54, 1.807) is 7.11 Å². The van der Waals surface area contributed by atoms with Gasteiger partial charge in [0.25, 0.3) is 0 Å². The molecule has 0 unspecified atom stereocenters. The van der Waals surface area contributed by atoms with Crippen LogP contribution in [0.25, 0.3) is 0 Å². The van der Waals surface area contributed by atoms with E-state index in [1.807, 2.05) is 24.3 Å². The fourth-order valence-electron chi connectivity index (χ4n) is 2.81. The number of benzene rings is 1. The lowest BCUT2D eigenvalue weighted by Gasteiger charge is -2.34. The molecule has 1 saturated carbocycles. The Morgan fingerprint density at radius 3 is 2.14 bits per heavy atom. The monoisotopic (exact) mass is 304 g/mol. The van der Waals surface area contributed by atoms with Crippen LogP contribution in [-0.4, -0.2) is 26.0 Å². The Morgan fingerprint density at radius 2 is 1.68 bits per heavy atom. The van der Waals surface area contributed by atoms with Crippen molar-refractivity contribution < 1.29 is 19.1 Å². The smallest absolute Gasteiger partial charge is 0.312 e. The number of hydrogen-bond acceptors (Lipinski definition) is 4. The van der Waals surface area contributed by atoms with E-state index in [1.165, 1.54) is 7.11 Å². The number of methoxy groups -OCH3 is 2. The number of ether oxygens (including phenoxy) is 2. The van der Waals surface area contributed by atoms with Crippen molar-refractivity contribution in [2.45, 2.75) is 32.1 Å². The molecule has 0 heterocycles. The molecule has 0 aromatic heterocycles. The molecular weight excluding hydrogens is 280 g/mol. The summed E-state index contributed by atoms with van der Waals surface area (Å²) in [7, 11) is 3.03. The normalized spacial score (nSPS) is 16.2. The standard InChI is InChI=1S/C16H20O4.C2H4/c1-19-14-5-3-12(4-6-14)11-16(15(18)20-2)9-7-13(17)8-10-16;1-2/h3-6H,7-11H2,1-2H3;1-2H2. The molecule has 4 nitrogen and oxygen atoms in total. The Kier molecular flexibility index (Phi) is 6.83. The van der Waals surface area contributed by atoms with Gasteiger partial charge in [-0.3, -0.25) is 9.59 Å². The van der Waals surface area contributed by atoms with Gasteiger partial charge in [-0.2, -0.15) is 0 Å². The highest BCUT2D eigenvalue weighted by Gasteiger charge is 2.42. The molecule has 0 bridgehead atoms. The first-order valence-electron chi connectivity index (χ1n) is 7.33. The zero-order valence-corrected chi connectivity index (χ0v) is 13.4. The molecule has 1 aliphatic carbocycles. The van der Waals surface area contributed by atoms with Crippen LogP contribution in [0.5, 0.6) is 5.75 Å². The minimum atomic E-state index is -0.558. The van der Waals surface area contributed by atoms with Crippen LogP contribution in [0.4, 0.5) is 0 Å². The second kappa shape index (κ2) is 8.37. The zero-order chi connectivity index (χ0) is 16.6. The number of carbonyl (C=O) groups is 2. The first kappa shape index (κ1) is 18.0. The van der Waals surface area contributed by atoms with Crippen LogP contribution < -0.4 is 4.74 Å². The summed E-state index contributed by atoms with van der Waals surface area (Å²) in [5.74, 6) is 0.819. The second-order valence-electron chi connectivity index (χ2n) is 5.34. The molecule has 2 rings (SSSR count). The van der Waals surface area contributed by atoms with E-state index in [9.17, 15) is 9.59 Å². The number of esters is 1. The third-order valence-electron chi connectivity index (χ3n) is 4.08. The Morgan fingerprint density at radius 1 is 1.14 bits per heavy atom. The van der Waals surface area contributed by atoms with Crippen LogP contribution >= 0.6 is 0 Å². The maximum Gasteiger partial charge on any atom is 0.312 e. The zero-order valence-electron chi connectivity index (χ0n) is 13.4. The molecule has 4 heteroatoms. The average Bonchev–Trinajstić information content (AvgIpc) is 2.59. The number of rotatable bonds is 4. The molecule has 0 spiro atoms. The third kappa shape index (κ3) is 4.20. The minimum absolute atomic E-state index is 0.208. The maximum absolute atomic E-state index is 12.2. The van der Waals surface area contributed by atoms with Crippen LogP contribution in [0.2, 0.25) is 0 Å². The second-order valence-corrected chi connectivity index (χ2v) is 5.34. The predicted molar refractivity (Wildman–Crippen MR) is 85.9 cm³/mol. The molecule has 120 valence electrons. The van der Waals surface area contributed by atoms with E-state index < -0.39 is 5.41 Å². The highest BCUT2D eigenvalue weighted by Crippen LogP contribution is 2.39. The van der Waals surface area contributed by atoms with Crippen molar-refractivity contribution in [1.82, 2.24) is 0 Å². The van der Waals surface area contributed by atoms with Crippen LogP contribution in [0.15, 0.2) is 37.4 Å². The van der Waals surface area contributed by atoms with Crippen molar-refractivity contribution in [3.05, 3.63) is 43.0 Å². The molecule has 0 amide bonds. The van der Waals surface area contributed by atoms with Crippen LogP contribution in [-0.2, 0) is 20.7 Å². The van der Waals surface area contributed by atoms with E-state index in [-0.39, 0.29) is 11.8 Å². The number of carbonyl (C=O) groups excluding carboxylic acids is 2. The summed E-state index contributed by atoms with van der Waals surface area (Å²) in [6.07, 6.45) is 2.68. The number of hydrogen-bond donors (Lipinski definition) is 0. The molecule has 0 saturated heterocycles. The molecule has 0 atom stereocenters. The summed E-state index contributed by atoms with van der Waals surface area (Å²) >= 11 is 0. The molecule has 1 fully saturated rings. The first-order chi connectivity index (χ1) is 10.6. The lowest BCUT2D eigenvalue weighted by Crippen LogP contribution is -2.38. The van der Waals surface area contributed by atoms with Crippen molar-refractivity contribution in [3.63, 3.8) is 0 Å². The topological polar surface area (TPSA) is 52.6 Å². The summed E-state index contributed by atoms with van der Waals surface area (Å²) in [5.41, 5.74) is 0.502. The van der Waals surface area contributed by atoms with E-state index in [2.05, 4.69) is 13.2 Å². The van der Waals surface area contributed by atoms with Gasteiger partial charge in [0.05, 0.1) is 19.6 Å². The van der Waals surface area contributed by atoms with E-state index in [0.29, 0.717) is 32.1 Å². The van der Waals surface area contributed by atoms with Gasteiger partial charge in [-0.1, -0.05) is 12.1 Å². The fraction of sp³-hybridized carbons (Fsp3) is 0.444. The molecule has 0 aliphatic heterocycles. The van der Waals surface area contributed by atoms with E-state index >= 15 is 0 Å². The van der Waals surface area contributed by atoms with Crippen molar-refractivity contribution in [3.8, 4) is 5.75 Å². The lowest BCUT2D eigenvalue weighted by molar-refractivity contribution is -0.155. The molecule has 1 aliphatic rings. The van der Waals surface area contributed by atoms with Crippen LogP contribution in [0.1, 0.15) is 31.2 Å². The van der Waals surface area contributed by atoms with E-state index in [4.69, 9.17) is 9.47 Å². The summed E-state index contributed by atoms with van der Waals surface area (Å²) in [5, 5.41) is 0. The van der Waals surface area contributed by atoms with Crippen molar-refractivity contribution in [2.75, 3.05) is 14.2 Å². The molecule has 0 N–H and O–H groups in total. The Balaban J connectivity index is 0.00000116. The third-order valence-corrected chi connectivity index (χ3v) is 4.08. The molecule has 1 aromatic carbocycles. The maximum atomic E-state index is 12.2. The Bertz CT molecular complexity index is 494. The summed E-state index contributed by atoms with van der Waals surface area (Å²) in [4.78, 5) is 23.6. The summed E-state index contributed by atoms with van der Waals surface area (Å²) < 4.78 is 10.1. The van der Waals surface area contributed by atoms with Gasteiger partial charge in [-0.15, -0.1) is 13.2 Å². The summed E-state index contributed by atoms with van der Waals surface area (Å²) in [6.45, 7) is 6.00. The molecule has 0 radical (unpaired) electrons. The molecule has 1 aromatic rings.